The van der Waals surface area contributed by atoms with Crippen molar-refractivity contribution in [1.29, 1.82) is 0 Å². The van der Waals surface area contributed by atoms with Gasteiger partial charge in [0.1, 0.15) is 0 Å². The van der Waals surface area contributed by atoms with Crippen molar-refractivity contribution in [3.8, 4) is 0 Å². The molecule has 0 heterocycles. The molecule has 0 unspecified atom stereocenters. The van der Waals surface area contributed by atoms with Crippen molar-refractivity contribution < 1.29 is 9.53 Å². The summed E-state index contributed by atoms with van der Waals surface area (Å²) in [5, 5.41) is 3.95. The number of ether oxygens (including phenoxy) is 1. The number of carbonyl (C=O) groups excluding carboxylic acids is 1. The third-order valence-electron chi connectivity index (χ3n) is 2.03. The molecule has 0 fully saturated rings. The van der Waals surface area contributed by atoms with Gasteiger partial charge in [-0.05, 0) is 26.3 Å². The molecule has 0 saturated carbocycles. The molecule has 0 aliphatic rings. The molecule has 1 amide bonds. The molecule has 1 rings (SSSR count). The van der Waals surface area contributed by atoms with E-state index in [4.69, 9.17) is 4.74 Å². The second-order valence-electron chi connectivity index (χ2n) is 3.40. The quantitative estimate of drug-likeness (QED) is 0.628. The van der Waals surface area contributed by atoms with Crippen molar-refractivity contribution >= 4 is 11.8 Å². The summed E-state index contributed by atoms with van der Waals surface area (Å²) in [5.74, 6) is 0. The number of amides is 1. The average molecular weight is 220 g/mol. The summed E-state index contributed by atoms with van der Waals surface area (Å²) in [6.07, 6.45) is -0.533. The molecule has 1 N–H and O–H groups in total. The molecule has 0 radical (unpaired) electrons. The van der Waals surface area contributed by atoms with Crippen LogP contribution >= 0.6 is 0 Å². The van der Waals surface area contributed by atoms with E-state index in [9.17, 15) is 4.79 Å². The van der Waals surface area contributed by atoms with Gasteiger partial charge in [0.2, 0.25) is 0 Å². The second-order valence-corrected chi connectivity index (χ2v) is 3.40. The van der Waals surface area contributed by atoms with Gasteiger partial charge >= 0.3 is 6.09 Å². The van der Waals surface area contributed by atoms with Crippen molar-refractivity contribution in [3.05, 3.63) is 35.4 Å². The average Bonchev–Trinajstić information content (AvgIpc) is 2.26. The van der Waals surface area contributed by atoms with E-state index >= 15 is 0 Å². The molecular formula is C12H16N2O2. The Morgan fingerprint density at radius 2 is 2.25 bits per heavy atom. The molecule has 0 atom stereocenters. The fourth-order valence-corrected chi connectivity index (χ4v) is 1.23. The lowest BCUT2D eigenvalue weighted by atomic mass is 10.1. The Bertz CT molecular complexity index is 400. The van der Waals surface area contributed by atoms with E-state index in [-0.39, 0.29) is 0 Å². The van der Waals surface area contributed by atoms with E-state index < -0.39 is 6.09 Å². The number of nitrogens with one attached hydrogen (secondary N) is 1. The Kier molecular flexibility index (Phi) is 4.51. The van der Waals surface area contributed by atoms with Gasteiger partial charge in [-0.2, -0.15) is 5.10 Å². The van der Waals surface area contributed by atoms with Gasteiger partial charge in [0.05, 0.1) is 12.3 Å². The molecule has 4 nitrogen and oxygen atoms in total. The molecule has 0 aromatic heterocycles. The highest BCUT2D eigenvalue weighted by atomic mass is 16.5. The number of nitrogens with zero attached hydrogens (tertiary/aromatic N) is 1. The molecule has 0 spiro atoms. The third-order valence-corrected chi connectivity index (χ3v) is 2.03. The van der Waals surface area contributed by atoms with E-state index in [0.29, 0.717) is 6.61 Å². The lowest BCUT2D eigenvalue weighted by Gasteiger charge is -2.03. The molecule has 0 saturated heterocycles. The maximum atomic E-state index is 11.0. The molecule has 0 aliphatic heterocycles. The number of carbonyl (C=O) groups is 1. The Hall–Kier alpha value is -1.84. The van der Waals surface area contributed by atoms with E-state index in [1.54, 1.807) is 6.92 Å². The Labute approximate surface area is 95.3 Å². The van der Waals surface area contributed by atoms with Crippen molar-refractivity contribution in [2.75, 3.05) is 6.61 Å². The van der Waals surface area contributed by atoms with Crippen LogP contribution in [-0.4, -0.2) is 18.4 Å². The maximum absolute atomic E-state index is 11.0. The Balaban J connectivity index is 2.67. The predicted octanol–water partition coefficient (Wildman–Crippen LogP) is 2.47. The largest absolute Gasteiger partial charge is 0.449 e. The normalized spacial score (nSPS) is 11.1. The maximum Gasteiger partial charge on any atom is 0.427 e. The molecule has 0 bridgehead atoms. The van der Waals surface area contributed by atoms with Crippen LogP contribution in [0, 0.1) is 6.92 Å². The van der Waals surface area contributed by atoms with Crippen LogP contribution in [0.25, 0.3) is 0 Å². The molecule has 86 valence electrons. The third kappa shape index (κ3) is 3.73. The number of hydrazone groups is 1. The smallest absolute Gasteiger partial charge is 0.427 e. The number of rotatable bonds is 3. The minimum absolute atomic E-state index is 0.338. The van der Waals surface area contributed by atoms with Crippen LogP contribution in [0.2, 0.25) is 0 Å². The number of aryl methyl sites for hydroxylation is 1. The second kappa shape index (κ2) is 5.90. The molecule has 16 heavy (non-hydrogen) atoms. The Morgan fingerprint density at radius 1 is 1.50 bits per heavy atom. The summed E-state index contributed by atoms with van der Waals surface area (Å²) in [5.41, 5.74) is 5.21. The summed E-state index contributed by atoms with van der Waals surface area (Å²) < 4.78 is 4.69. The monoisotopic (exact) mass is 220 g/mol. The number of hydrogen-bond acceptors (Lipinski definition) is 3. The molecular weight excluding hydrogens is 204 g/mol. The van der Waals surface area contributed by atoms with E-state index in [1.165, 1.54) is 0 Å². The van der Waals surface area contributed by atoms with Gasteiger partial charge in [-0.25, -0.2) is 10.2 Å². The SMILES string of the molecule is CCOC(=O)NN=C(C)c1cccc(C)c1. The van der Waals surface area contributed by atoms with Crippen molar-refractivity contribution in [2.45, 2.75) is 20.8 Å². The van der Waals surface area contributed by atoms with Crippen molar-refractivity contribution in [2.24, 2.45) is 5.10 Å². The summed E-state index contributed by atoms with van der Waals surface area (Å²) in [6.45, 7) is 5.93. The van der Waals surface area contributed by atoms with Crippen LogP contribution in [0.3, 0.4) is 0 Å². The molecule has 1 aromatic rings. The Morgan fingerprint density at radius 3 is 2.88 bits per heavy atom. The van der Waals surface area contributed by atoms with E-state index in [1.807, 2.05) is 38.1 Å². The summed E-state index contributed by atoms with van der Waals surface area (Å²) in [7, 11) is 0. The summed E-state index contributed by atoms with van der Waals surface area (Å²) in [4.78, 5) is 11.0. The van der Waals surface area contributed by atoms with Crippen LogP contribution in [0.5, 0.6) is 0 Å². The first-order valence-electron chi connectivity index (χ1n) is 5.17. The van der Waals surface area contributed by atoms with Crippen molar-refractivity contribution in [1.82, 2.24) is 5.43 Å². The van der Waals surface area contributed by atoms with Gasteiger partial charge in [0.25, 0.3) is 0 Å². The predicted molar refractivity (Wildman–Crippen MR) is 63.5 cm³/mol. The van der Waals surface area contributed by atoms with Crippen molar-refractivity contribution in [3.63, 3.8) is 0 Å². The zero-order valence-corrected chi connectivity index (χ0v) is 9.78. The zero-order chi connectivity index (χ0) is 12.0. The van der Waals surface area contributed by atoms with Gasteiger partial charge in [0.15, 0.2) is 0 Å². The number of hydrogen-bond donors (Lipinski definition) is 1. The van der Waals surface area contributed by atoms with Crippen LogP contribution in [-0.2, 0) is 4.74 Å². The first-order valence-corrected chi connectivity index (χ1v) is 5.17. The molecule has 4 heteroatoms. The van der Waals surface area contributed by atoms with E-state index in [0.717, 1.165) is 16.8 Å². The fraction of sp³-hybridized carbons (Fsp3) is 0.333. The highest BCUT2D eigenvalue weighted by molar-refractivity contribution is 5.99. The topological polar surface area (TPSA) is 50.7 Å². The first-order chi connectivity index (χ1) is 7.63. The van der Waals surface area contributed by atoms with Crippen LogP contribution in [0.15, 0.2) is 29.4 Å². The summed E-state index contributed by atoms with van der Waals surface area (Å²) >= 11 is 0. The van der Waals surface area contributed by atoms with Crippen LogP contribution in [0.1, 0.15) is 25.0 Å². The van der Waals surface area contributed by atoms with Gasteiger partial charge in [-0.3, -0.25) is 0 Å². The number of benzene rings is 1. The van der Waals surface area contributed by atoms with Crippen LogP contribution in [0.4, 0.5) is 4.79 Å². The van der Waals surface area contributed by atoms with Gasteiger partial charge < -0.3 is 4.74 Å². The minimum Gasteiger partial charge on any atom is -0.449 e. The first kappa shape index (κ1) is 12.2. The minimum atomic E-state index is -0.533. The van der Waals surface area contributed by atoms with Gasteiger partial charge in [0, 0.05) is 0 Å². The zero-order valence-electron chi connectivity index (χ0n) is 9.78. The van der Waals surface area contributed by atoms with Gasteiger partial charge in [-0.1, -0.05) is 29.8 Å². The van der Waals surface area contributed by atoms with E-state index in [2.05, 4.69) is 10.5 Å². The standard InChI is InChI=1S/C12H16N2O2/c1-4-16-12(15)14-13-10(3)11-7-5-6-9(2)8-11/h5-8H,4H2,1-3H3,(H,14,15). The summed E-state index contributed by atoms with van der Waals surface area (Å²) in [6, 6.07) is 7.91. The fourth-order valence-electron chi connectivity index (χ4n) is 1.23. The molecule has 1 aromatic carbocycles. The van der Waals surface area contributed by atoms with Crippen LogP contribution < -0.4 is 5.43 Å². The highest BCUT2D eigenvalue weighted by Gasteiger charge is 2.00. The highest BCUT2D eigenvalue weighted by Crippen LogP contribution is 2.04. The lowest BCUT2D eigenvalue weighted by molar-refractivity contribution is 0.152. The lowest BCUT2D eigenvalue weighted by Crippen LogP contribution is -2.20. The van der Waals surface area contributed by atoms with Gasteiger partial charge in [-0.15, -0.1) is 0 Å². The molecule has 0 aliphatic carbocycles.